The second-order valence-corrected chi connectivity index (χ2v) is 10.6. The number of hydrogen-bond donors (Lipinski definition) is 1. The van der Waals surface area contributed by atoms with Crippen LogP contribution >= 0.6 is 11.6 Å². The summed E-state index contributed by atoms with van der Waals surface area (Å²) >= 11 is 6.25. The molecule has 2 atom stereocenters. The number of fused-ring (bicyclic) bond motifs is 1. The number of likely N-dealkylation sites (tertiary alicyclic amines) is 1. The Morgan fingerprint density at radius 3 is 2.57 bits per heavy atom. The SMILES string of the molecule is CC(=O)N1CC(F)CC1(C(=O)Nc1cccc(-c2ncccc2Cl)c1F)n1ccc2cc(-c3cnc(C)nc3)ccc21. The lowest BCUT2D eigenvalue weighted by Gasteiger charge is -2.38. The van der Waals surface area contributed by atoms with Gasteiger partial charge in [0.2, 0.25) is 11.6 Å². The van der Waals surface area contributed by atoms with Gasteiger partial charge >= 0.3 is 0 Å². The molecule has 0 aliphatic carbocycles. The van der Waals surface area contributed by atoms with E-state index in [0.717, 1.165) is 16.5 Å². The standard InChI is InChI=1S/C31H25ClF2N6O2/c1-18-36-15-22(16-37-18)20-8-9-27-21(13-20)10-12-39(27)31(14-23(33)17-40(31)19(2)41)30(42)38-26-7-3-5-24(28(26)34)29-25(32)6-4-11-35-29/h3-13,15-16,23H,14,17H2,1-2H3,(H,38,42). The van der Waals surface area contributed by atoms with Crippen molar-refractivity contribution in [3.63, 3.8) is 0 Å². The molecule has 6 rings (SSSR count). The molecule has 3 aromatic heterocycles. The third-order valence-electron chi connectivity index (χ3n) is 7.54. The third kappa shape index (κ3) is 4.57. The molecule has 1 fully saturated rings. The molecule has 212 valence electrons. The average Bonchev–Trinajstić information content (AvgIpc) is 3.56. The molecular formula is C31H25ClF2N6O2. The minimum Gasteiger partial charge on any atom is -0.320 e. The van der Waals surface area contributed by atoms with E-state index in [1.807, 2.05) is 12.1 Å². The molecule has 1 aliphatic heterocycles. The molecule has 2 amide bonds. The third-order valence-corrected chi connectivity index (χ3v) is 7.85. The second kappa shape index (κ2) is 10.6. The van der Waals surface area contributed by atoms with Crippen molar-refractivity contribution in [3.05, 3.63) is 96.0 Å². The fraction of sp³-hybridized carbons (Fsp3) is 0.194. The number of amides is 2. The molecule has 1 saturated heterocycles. The molecule has 2 aromatic carbocycles. The predicted molar refractivity (Wildman–Crippen MR) is 156 cm³/mol. The van der Waals surface area contributed by atoms with E-state index >= 15 is 8.78 Å². The number of carbonyl (C=O) groups excluding carboxylic acids is 2. The van der Waals surface area contributed by atoms with E-state index in [9.17, 15) is 9.59 Å². The summed E-state index contributed by atoms with van der Waals surface area (Å²) in [6.07, 6.45) is 4.78. The summed E-state index contributed by atoms with van der Waals surface area (Å²) in [5.74, 6) is -1.35. The van der Waals surface area contributed by atoms with Crippen LogP contribution in [-0.2, 0) is 15.3 Å². The lowest BCUT2D eigenvalue weighted by atomic mass is 10.0. The van der Waals surface area contributed by atoms with Crippen molar-refractivity contribution in [2.75, 3.05) is 11.9 Å². The van der Waals surface area contributed by atoms with Gasteiger partial charge in [-0.25, -0.2) is 18.7 Å². The zero-order chi connectivity index (χ0) is 29.6. The van der Waals surface area contributed by atoms with Crippen LogP contribution in [0.25, 0.3) is 33.3 Å². The summed E-state index contributed by atoms with van der Waals surface area (Å²) in [6, 6.07) is 15.0. The van der Waals surface area contributed by atoms with E-state index in [0.29, 0.717) is 11.3 Å². The first-order valence-corrected chi connectivity index (χ1v) is 13.6. The number of rotatable bonds is 5. The number of carbonyl (C=O) groups is 2. The Morgan fingerprint density at radius 1 is 1.05 bits per heavy atom. The van der Waals surface area contributed by atoms with E-state index in [1.54, 1.807) is 60.4 Å². The molecule has 0 radical (unpaired) electrons. The molecular weight excluding hydrogens is 562 g/mol. The van der Waals surface area contributed by atoms with Crippen LogP contribution in [0.1, 0.15) is 19.2 Å². The summed E-state index contributed by atoms with van der Waals surface area (Å²) in [5.41, 5.74) is 0.602. The van der Waals surface area contributed by atoms with Gasteiger partial charge in [-0.15, -0.1) is 0 Å². The van der Waals surface area contributed by atoms with E-state index < -0.39 is 29.5 Å². The van der Waals surface area contributed by atoms with Crippen LogP contribution in [0.3, 0.4) is 0 Å². The first-order chi connectivity index (χ1) is 20.2. The van der Waals surface area contributed by atoms with Crippen molar-refractivity contribution >= 4 is 40.0 Å². The lowest BCUT2D eigenvalue weighted by Crippen LogP contribution is -2.56. The highest BCUT2D eigenvalue weighted by atomic mass is 35.5. The Balaban J connectivity index is 1.44. The second-order valence-electron chi connectivity index (χ2n) is 10.2. The fourth-order valence-corrected chi connectivity index (χ4v) is 5.80. The number of aromatic nitrogens is 4. The van der Waals surface area contributed by atoms with Gasteiger partial charge in [-0.2, -0.15) is 0 Å². The maximum absolute atomic E-state index is 15.8. The lowest BCUT2D eigenvalue weighted by molar-refractivity contribution is -0.146. The molecule has 8 nitrogen and oxygen atoms in total. The van der Waals surface area contributed by atoms with Gasteiger partial charge in [-0.3, -0.25) is 14.6 Å². The summed E-state index contributed by atoms with van der Waals surface area (Å²) in [7, 11) is 0. The highest BCUT2D eigenvalue weighted by molar-refractivity contribution is 6.33. The number of anilines is 1. The molecule has 4 heterocycles. The molecule has 0 saturated carbocycles. The molecule has 42 heavy (non-hydrogen) atoms. The molecule has 11 heteroatoms. The number of nitrogens with zero attached hydrogens (tertiary/aromatic N) is 5. The zero-order valence-corrected chi connectivity index (χ0v) is 23.4. The normalized spacial score (nSPS) is 18.4. The van der Waals surface area contributed by atoms with Gasteiger partial charge in [-0.1, -0.05) is 23.7 Å². The molecule has 5 aromatic rings. The maximum Gasteiger partial charge on any atom is 0.271 e. The zero-order valence-electron chi connectivity index (χ0n) is 22.7. The van der Waals surface area contributed by atoms with Gasteiger partial charge in [0.15, 0.2) is 5.82 Å². The van der Waals surface area contributed by atoms with E-state index in [2.05, 4.69) is 20.3 Å². The minimum atomic E-state index is -1.80. The Morgan fingerprint density at radius 2 is 1.83 bits per heavy atom. The monoisotopic (exact) mass is 586 g/mol. The van der Waals surface area contributed by atoms with Crippen molar-refractivity contribution < 1.29 is 18.4 Å². The van der Waals surface area contributed by atoms with E-state index in [1.165, 1.54) is 30.2 Å². The Bertz CT molecular complexity index is 1840. The molecule has 1 N–H and O–H groups in total. The summed E-state index contributed by atoms with van der Waals surface area (Å²) in [4.78, 5) is 41.0. The van der Waals surface area contributed by atoms with Crippen molar-refractivity contribution in [1.29, 1.82) is 0 Å². The number of pyridine rings is 1. The van der Waals surface area contributed by atoms with Crippen LogP contribution in [0.4, 0.5) is 14.5 Å². The van der Waals surface area contributed by atoms with Crippen LogP contribution in [0.2, 0.25) is 5.02 Å². The first-order valence-electron chi connectivity index (χ1n) is 13.2. The van der Waals surface area contributed by atoms with Crippen LogP contribution in [-0.4, -0.2) is 48.9 Å². The number of aryl methyl sites for hydroxylation is 1. The van der Waals surface area contributed by atoms with E-state index in [-0.39, 0.29) is 34.9 Å². The van der Waals surface area contributed by atoms with Crippen molar-refractivity contribution in [2.45, 2.75) is 32.1 Å². The number of hydrogen-bond acceptors (Lipinski definition) is 5. The van der Waals surface area contributed by atoms with Gasteiger partial charge in [0.05, 0.1) is 28.5 Å². The van der Waals surface area contributed by atoms with E-state index in [4.69, 9.17) is 11.6 Å². The molecule has 2 unspecified atom stereocenters. The minimum absolute atomic E-state index is 0.0877. The smallest absolute Gasteiger partial charge is 0.271 e. The predicted octanol–water partition coefficient (Wildman–Crippen LogP) is 6.14. The van der Waals surface area contributed by atoms with Gasteiger partial charge in [0.25, 0.3) is 5.91 Å². The van der Waals surface area contributed by atoms with Crippen molar-refractivity contribution in [2.24, 2.45) is 0 Å². The van der Waals surface area contributed by atoms with Gasteiger partial charge in [0.1, 0.15) is 12.0 Å². The summed E-state index contributed by atoms with van der Waals surface area (Å²) in [5, 5.41) is 3.64. The van der Waals surface area contributed by atoms with Crippen LogP contribution < -0.4 is 5.32 Å². The number of benzene rings is 2. The summed E-state index contributed by atoms with van der Waals surface area (Å²) in [6.45, 7) is 2.80. The number of alkyl halides is 1. The number of nitrogens with one attached hydrogen (secondary N) is 1. The van der Waals surface area contributed by atoms with Crippen molar-refractivity contribution in [1.82, 2.24) is 24.4 Å². The van der Waals surface area contributed by atoms with Gasteiger partial charge < -0.3 is 14.8 Å². The average molecular weight is 587 g/mol. The Labute approximate surface area is 245 Å². The van der Waals surface area contributed by atoms with Crippen LogP contribution in [0.15, 0.2) is 79.4 Å². The highest BCUT2D eigenvalue weighted by Gasteiger charge is 2.55. The van der Waals surface area contributed by atoms with Crippen LogP contribution in [0.5, 0.6) is 0 Å². The highest BCUT2D eigenvalue weighted by Crippen LogP contribution is 2.41. The fourth-order valence-electron chi connectivity index (χ4n) is 5.58. The molecule has 0 bridgehead atoms. The van der Waals surface area contributed by atoms with Crippen molar-refractivity contribution in [3.8, 4) is 22.4 Å². The van der Waals surface area contributed by atoms with Crippen LogP contribution in [0, 0.1) is 12.7 Å². The molecule has 1 aliphatic rings. The van der Waals surface area contributed by atoms with Gasteiger partial charge in [-0.05, 0) is 55.0 Å². The number of halogens is 3. The van der Waals surface area contributed by atoms with Gasteiger partial charge in [0, 0.05) is 54.6 Å². The largest absolute Gasteiger partial charge is 0.320 e. The molecule has 0 spiro atoms. The topological polar surface area (TPSA) is 93.0 Å². The Hall–Kier alpha value is -4.70. The summed E-state index contributed by atoms with van der Waals surface area (Å²) < 4.78 is 32.5. The Kier molecular flexibility index (Phi) is 6.94. The first kappa shape index (κ1) is 27.5. The quantitative estimate of drug-likeness (QED) is 0.267. The maximum atomic E-state index is 15.8.